The number of nitrogens with one attached hydrogen (secondary N) is 1. The monoisotopic (exact) mass is 127 g/mol. The van der Waals surface area contributed by atoms with Gasteiger partial charge in [-0.3, -0.25) is 7.05 Å². The molecule has 1 aliphatic rings. The van der Waals surface area contributed by atoms with Crippen LogP contribution in [0.25, 0.3) is 0 Å². The van der Waals surface area contributed by atoms with Gasteiger partial charge < -0.3 is 10.2 Å². The lowest BCUT2D eigenvalue weighted by atomic mass is 10.2. The Morgan fingerprint density at radius 1 is 1.33 bits per heavy atom. The quantitative estimate of drug-likeness (QED) is 0.476. The van der Waals surface area contributed by atoms with Crippen molar-refractivity contribution in [3.05, 3.63) is 7.05 Å². The second-order valence-corrected chi connectivity index (χ2v) is 3.00. The lowest BCUT2D eigenvalue weighted by Crippen LogP contribution is -2.51. The van der Waals surface area contributed by atoms with Crippen molar-refractivity contribution < 1.29 is 0 Å². The zero-order valence-corrected chi connectivity index (χ0v) is 6.22. The minimum atomic E-state index is 0.603. The molecule has 2 nitrogen and oxygen atoms in total. The summed E-state index contributed by atoms with van der Waals surface area (Å²) in [6.45, 7) is 6.52. The number of piperazine rings is 1. The molecule has 0 aliphatic carbocycles. The minimum Gasteiger partial charge on any atom is -0.457 e. The predicted octanol–water partition coefficient (Wildman–Crippen LogP) is 0.460. The van der Waals surface area contributed by atoms with Crippen LogP contribution in [0.2, 0.25) is 0 Å². The number of rotatable bonds is 0. The summed E-state index contributed by atoms with van der Waals surface area (Å²) in [4.78, 5) is 2.12. The van der Waals surface area contributed by atoms with Crippen LogP contribution in [0.1, 0.15) is 13.8 Å². The molecular formula is C7H15N2-. The van der Waals surface area contributed by atoms with E-state index in [0.717, 1.165) is 13.1 Å². The Labute approximate surface area is 57.2 Å². The molecule has 0 aromatic heterocycles. The topological polar surface area (TPSA) is 15.3 Å². The maximum atomic E-state index is 3.89. The van der Waals surface area contributed by atoms with E-state index in [1.807, 2.05) is 0 Å². The van der Waals surface area contributed by atoms with Crippen molar-refractivity contribution in [1.29, 1.82) is 0 Å². The average molecular weight is 127 g/mol. The van der Waals surface area contributed by atoms with Gasteiger partial charge in [0.1, 0.15) is 0 Å². The van der Waals surface area contributed by atoms with Crippen LogP contribution in [0.3, 0.4) is 0 Å². The van der Waals surface area contributed by atoms with Crippen molar-refractivity contribution in [2.24, 2.45) is 0 Å². The Hall–Kier alpha value is -0.0800. The lowest BCUT2D eigenvalue weighted by molar-refractivity contribution is 0.228. The average Bonchev–Trinajstić information content (AvgIpc) is 1.59. The Morgan fingerprint density at radius 2 is 1.78 bits per heavy atom. The molecule has 0 spiro atoms. The van der Waals surface area contributed by atoms with Crippen molar-refractivity contribution in [3.63, 3.8) is 0 Å². The van der Waals surface area contributed by atoms with Gasteiger partial charge in [0.05, 0.1) is 0 Å². The van der Waals surface area contributed by atoms with Gasteiger partial charge in [-0.15, -0.1) is 0 Å². The van der Waals surface area contributed by atoms with E-state index in [0.29, 0.717) is 12.1 Å². The maximum Gasteiger partial charge on any atom is 0.0145 e. The molecule has 0 bridgehead atoms. The van der Waals surface area contributed by atoms with Crippen LogP contribution in [-0.2, 0) is 0 Å². The molecule has 0 aromatic rings. The van der Waals surface area contributed by atoms with Gasteiger partial charge in [-0.25, -0.2) is 0 Å². The van der Waals surface area contributed by atoms with Gasteiger partial charge >= 0.3 is 0 Å². The van der Waals surface area contributed by atoms with E-state index in [4.69, 9.17) is 0 Å². The fraction of sp³-hybridized carbons (Fsp3) is 0.857. The van der Waals surface area contributed by atoms with Crippen LogP contribution in [-0.4, -0.2) is 30.1 Å². The summed E-state index contributed by atoms with van der Waals surface area (Å²) < 4.78 is 0. The van der Waals surface area contributed by atoms with E-state index in [-0.39, 0.29) is 0 Å². The van der Waals surface area contributed by atoms with Gasteiger partial charge in [-0.1, -0.05) is 0 Å². The second-order valence-electron chi connectivity index (χ2n) is 3.00. The first-order chi connectivity index (χ1) is 4.18. The summed E-state index contributed by atoms with van der Waals surface area (Å²) in [6, 6.07) is 1.21. The molecule has 1 aliphatic heterocycles. The molecule has 0 saturated carbocycles. The van der Waals surface area contributed by atoms with Crippen LogP contribution in [0, 0.1) is 7.05 Å². The lowest BCUT2D eigenvalue weighted by Gasteiger charge is -2.38. The number of nitrogens with zero attached hydrogens (tertiary/aromatic N) is 1. The van der Waals surface area contributed by atoms with Crippen molar-refractivity contribution in [2.75, 3.05) is 13.1 Å². The van der Waals surface area contributed by atoms with E-state index < -0.39 is 0 Å². The fourth-order valence-electron chi connectivity index (χ4n) is 1.44. The highest BCUT2D eigenvalue weighted by Crippen LogP contribution is 2.00. The van der Waals surface area contributed by atoms with Crippen LogP contribution in [0.4, 0.5) is 0 Å². The largest absolute Gasteiger partial charge is 0.457 e. The first-order valence-electron chi connectivity index (χ1n) is 3.50. The predicted molar refractivity (Wildman–Crippen MR) is 39.0 cm³/mol. The SMILES string of the molecule is [CH2-]N1CC(C)NC(C)C1. The minimum absolute atomic E-state index is 0.603. The summed E-state index contributed by atoms with van der Waals surface area (Å²) in [6.07, 6.45) is 0. The summed E-state index contributed by atoms with van der Waals surface area (Å²) in [5.74, 6) is 0. The molecule has 9 heavy (non-hydrogen) atoms. The molecule has 0 amide bonds. The second kappa shape index (κ2) is 2.67. The van der Waals surface area contributed by atoms with Crippen LogP contribution < -0.4 is 5.32 Å². The zero-order chi connectivity index (χ0) is 6.85. The molecule has 1 heterocycles. The van der Waals surface area contributed by atoms with Gasteiger partial charge in [0.25, 0.3) is 0 Å². The Kier molecular flexibility index (Phi) is 2.09. The van der Waals surface area contributed by atoms with Gasteiger partial charge in [0, 0.05) is 12.1 Å². The molecule has 1 fully saturated rings. The highest BCUT2D eigenvalue weighted by molar-refractivity contribution is 4.79. The molecule has 1 saturated heterocycles. The van der Waals surface area contributed by atoms with Crippen molar-refractivity contribution >= 4 is 0 Å². The Morgan fingerprint density at radius 3 is 2.11 bits per heavy atom. The normalized spacial score (nSPS) is 39.0. The number of hydrogen-bond acceptors (Lipinski definition) is 2. The van der Waals surface area contributed by atoms with E-state index in [1.165, 1.54) is 0 Å². The molecule has 54 valence electrons. The third kappa shape index (κ3) is 1.95. The van der Waals surface area contributed by atoms with Crippen molar-refractivity contribution in [1.82, 2.24) is 10.2 Å². The van der Waals surface area contributed by atoms with E-state index in [1.54, 1.807) is 0 Å². The van der Waals surface area contributed by atoms with Crippen LogP contribution in [0.5, 0.6) is 0 Å². The zero-order valence-electron chi connectivity index (χ0n) is 6.22. The molecule has 2 unspecified atom stereocenters. The summed E-state index contributed by atoms with van der Waals surface area (Å²) in [5.41, 5.74) is 0. The molecule has 1 N–H and O–H groups in total. The van der Waals surface area contributed by atoms with Crippen LogP contribution >= 0.6 is 0 Å². The highest BCUT2D eigenvalue weighted by atomic mass is 15.2. The number of hydrogen-bond donors (Lipinski definition) is 1. The Bertz CT molecular complexity index is 67.9. The third-order valence-electron chi connectivity index (χ3n) is 1.63. The standard InChI is InChI=1S/C7H15N2/c1-6-4-9(3)5-7(2)8-6/h6-8H,3-5H2,1-2H3/q-1. The molecule has 0 aromatic carbocycles. The van der Waals surface area contributed by atoms with Gasteiger partial charge in [-0.05, 0) is 26.9 Å². The van der Waals surface area contributed by atoms with E-state index in [9.17, 15) is 0 Å². The van der Waals surface area contributed by atoms with E-state index >= 15 is 0 Å². The van der Waals surface area contributed by atoms with Gasteiger partial charge in [0.2, 0.25) is 0 Å². The van der Waals surface area contributed by atoms with Crippen LogP contribution in [0.15, 0.2) is 0 Å². The summed E-state index contributed by atoms with van der Waals surface area (Å²) >= 11 is 0. The Balaban J connectivity index is 2.34. The molecular weight excluding hydrogens is 112 g/mol. The maximum absolute atomic E-state index is 3.89. The first-order valence-corrected chi connectivity index (χ1v) is 3.50. The third-order valence-corrected chi connectivity index (χ3v) is 1.63. The molecule has 2 heteroatoms. The molecule has 0 radical (unpaired) electrons. The van der Waals surface area contributed by atoms with Gasteiger partial charge in [0.15, 0.2) is 0 Å². The van der Waals surface area contributed by atoms with E-state index in [2.05, 4.69) is 31.1 Å². The first kappa shape index (κ1) is 7.03. The summed E-state index contributed by atoms with van der Waals surface area (Å²) in [7, 11) is 3.89. The molecule has 1 rings (SSSR count). The summed E-state index contributed by atoms with van der Waals surface area (Å²) in [5, 5.41) is 3.43. The fourth-order valence-corrected chi connectivity index (χ4v) is 1.44. The smallest absolute Gasteiger partial charge is 0.0145 e. The highest BCUT2D eigenvalue weighted by Gasteiger charge is 2.13. The van der Waals surface area contributed by atoms with Gasteiger partial charge in [-0.2, -0.15) is 0 Å². The molecule has 2 atom stereocenters. The van der Waals surface area contributed by atoms with Crippen molar-refractivity contribution in [3.8, 4) is 0 Å². The van der Waals surface area contributed by atoms with Crippen molar-refractivity contribution in [2.45, 2.75) is 25.9 Å².